The zero-order valence-corrected chi connectivity index (χ0v) is 57.9. The smallest absolute Gasteiger partial charge is 0.119 e. The Morgan fingerprint density at radius 1 is 0.242 bits per heavy atom. The lowest BCUT2D eigenvalue weighted by molar-refractivity contribution is 0.304. The highest BCUT2D eigenvalue weighted by molar-refractivity contribution is 8.25. The molecular formula is C90H93O3PS. The van der Waals surface area contributed by atoms with Crippen LogP contribution in [0.2, 0.25) is 0 Å². The molecule has 0 fully saturated rings. The Kier molecular flexibility index (Phi) is 29.3. The second-order valence-corrected chi connectivity index (χ2v) is 28.8. The first-order valence-corrected chi connectivity index (χ1v) is 37.6. The van der Waals surface area contributed by atoms with Gasteiger partial charge in [-0.3, -0.25) is 0 Å². The molecule has 0 bridgehead atoms. The van der Waals surface area contributed by atoms with E-state index < -0.39 is 6.04 Å². The van der Waals surface area contributed by atoms with Crippen LogP contribution in [0.25, 0.3) is 36.5 Å². The van der Waals surface area contributed by atoms with E-state index in [1.807, 2.05) is 0 Å². The average molecular weight is 1290 g/mol. The third-order valence-corrected chi connectivity index (χ3v) is 21.8. The largest absolute Gasteiger partial charge is 0.494 e. The van der Waals surface area contributed by atoms with Crippen LogP contribution in [0.1, 0.15) is 203 Å². The Morgan fingerprint density at radius 2 is 0.421 bits per heavy atom. The minimum atomic E-state index is -2.56. The van der Waals surface area contributed by atoms with Gasteiger partial charge >= 0.3 is 0 Å². The molecule has 9 rings (SSSR count). The molecule has 482 valence electrons. The normalized spacial score (nSPS) is 11.2. The van der Waals surface area contributed by atoms with E-state index in [0.717, 1.165) is 139 Å². The number of hydrogen-bond acceptors (Lipinski definition) is 4. The SMILES string of the molecule is CCCCCCCCOc1ccc(/C=C/c2ccc(C#Cc3ccc(P(=S)(c4ccc(C#Cc5ccc(/C=C/c6ccc(OCCCCCCCC)cc6)cc5)cc4)c4ccc(C#Cc5ccc(/C=C/c6ccc(OCCCCCCCC)cc6)cc5)cc4)cc3)cc2)cc1. The zero-order valence-electron chi connectivity index (χ0n) is 56.2. The number of rotatable bonds is 33. The lowest BCUT2D eigenvalue weighted by Gasteiger charge is -2.24. The second kappa shape index (κ2) is 39.6. The molecule has 3 nitrogen and oxygen atoms in total. The molecule has 0 saturated heterocycles. The van der Waals surface area contributed by atoms with Crippen molar-refractivity contribution < 1.29 is 14.2 Å². The first-order valence-electron chi connectivity index (χ1n) is 34.8. The maximum Gasteiger partial charge on any atom is 0.119 e. The summed E-state index contributed by atoms with van der Waals surface area (Å²) in [6, 6.07) is 73.2. The van der Waals surface area contributed by atoms with Crippen molar-refractivity contribution in [3.63, 3.8) is 0 Å². The van der Waals surface area contributed by atoms with Crippen LogP contribution in [-0.4, -0.2) is 19.8 Å². The Hall–Kier alpha value is -9.07. The average Bonchev–Trinajstić information content (AvgIpc) is 0.768. The van der Waals surface area contributed by atoms with Crippen molar-refractivity contribution in [1.82, 2.24) is 0 Å². The summed E-state index contributed by atoms with van der Waals surface area (Å²) in [4.78, 5) is 0. The Balaban J connectivity index is 0.844. The molecule has 5 heteroatoms. The van der Waals surface area contributed by atoms with Crippen LogP contribution in [0.5, 0.6) is 17.2 Å². The van der Waals surface area contributed by atoms with Gasteiger partial charge in [-0.05, 0) is 178 Å². The summed E-state index contributed by atoms with van der Waals surface area (Å²) in [6.07, 6.45) is 35.5. The van der Waals surface area contributed by atoms with E-state index >= 15 is 0 Å². The molecule has 0 heterocycles. The molecular weight excluding hydrogens is 1190 g/mol. The molecule has 0 radical (unpaired) electrons. The molecule has 0 spiro atoms. The Morgan fingerprint density at radius 3 is 0.632 bits per heavy atom. The van der Waals surface area contributed by atoms with Crippen molar-refractivity contribution in [2.24, 2.45) is 0 Å². The molecule has 0 saturated carbocycles. The fraction of sp³-hybridized carbons (Fsp3) is 0.267. The summed E-state index contributed by atoms with van der Waals surface area (Å²) in [5.41, 5.74) is 12.4. The van der Waals surface area contributed by atoms with Gasteiger partial charge in [0, 0.05) is 39.4 Å². The van der Waals surface area contributed by atoms with E-state index in [4.69, 9.17) is 26.0 Å². The van der Waals surface area contributed by atoms with Crippen molar-refractivity contribution >= 4 is 70.2 Å². The monoisotopic (exact) mass is 1280 g/mol. The van der Waals surface area contributed by atoms with Gasteiger partial charge in [0.2, 0.25) is 0 Å². The quantitative estimate of drug-likeness (QED) is 0.0177. The van der Waals surface area contributed by atoms with Gasteiger partial charge in [0.25, 0.3) is 0 Å². The minimum Gasteiger partial charge on any atom is -0.494 e. The topological polar surface area (TPSA) is 27.7 Å². The molecule has 0 unspecified atom stereocenters. The summed E-state index contributed by atoms with van der Waals surface area (Å²) in [6.45, 7) is 9.08. The van der Waals surface area contributed by atoms with Gasteiger partial charge in [0.15, 0.2) is 0 Å². The van der Waals surface area contributed by atoms with Crippen LogP contribution in [0.4, 0.5) is 0 Å². The van der Waals surface area contributed by atoms with E-state index in [9.17, 15) is 0 Å². The highest BCUT2D eigenvalue weighted by atomic mass is 32.4. The maximum absolute atomic E-state index is 6.93. The van der Waals surface area contributed by atoms with Gasteiger partial charge in [-0.25, -0.2) is 0 Å². The fourth-order valence-corrected chi connectivity index (χ4v) is 14.7. The van der Waals surface area contributed by atoms with Crippen LogP contribution in [0, 0.1) is 35.5 Å². The predicted molar refractivity (Wildman–Crippen MR) is 413 cm³/mol. The number of unbranched alkanes of at least 4 members (excludes halogenated alkanes) is 15. The predicted octanol–water partition coefficient (Wildman–Crippen LogP) is 22.4. The van der Waals surface area contributed by atoms with E-state index in [2.05, 4.69) is 311 Å². The lowest BCUT2D eigenvalue weighted by atomic mass is 10.1. The van der Waals surface area contributed by atoms with Crippen LogP contribution >= 0.6 is 6.04 Å². The molecule has 0 N–H and O–H groups in total. The lowest BCUT2D eigenvalue weighted by Crippen LogP contribution is -2.25. The van der Waals surface area contributed by atoms with Crippen LogP contribution in [0.3, 0.4) is 0 Å². The van der Waals surface area contributed by atoms with Crippen molar-refractivity contribution in [3.8, 4) is 52.8 Å². The summed E-state index contributed by atoms with van der Waals surface area (Å²) >= 11 is 6.93. The van der Waals surface area contributed by atoms with E-state index in [1.165, 1.54) is 96.3 Å². The number of benzene rings is 9. The van der Waals surface area contributed by atoms with Crippen LogP contribution in [-0.2, 0) is 11.8 Å². The molecule has 0 aliphatic rings. The molecule has 0 aromatic heterocycles. The first kappa shape index (κ1) is 70.3. The third-order valence-electron chi connectivity index (χ3n) is 16.8. The number of hydrogen-bond donors (Lipinski definition) is 0. The van der Waals surface area contributed by atoms with E-state index in [0.29, 0.717) is 0 Å². The van der Waals surface area contributed by atoms with Gasteiger partial charge in [-0.1, -0.05) is 310 Å². The third kappa shape index (κ3) is 24.0. The first-order chi connectivity index (χ1) is 46.8. The van der Waals surface area contributed by atoms with Crippen LogP contribution in [0.15, 0.2) is 218 Å². The van der Waals surface area contributed by atoms with Gasteiger partial charge < -0.3 is 14.2 Å². The highest BCUT2D eigenvalue weighted by Crippen LogP contribution is 2.43. The van der Waals surface area contributed by atoms with Gasteiger partial charge in [0.1, 0.15) is 17.2 Å². The number of ether oxygens (including phenoxy) is 3. The summed E-state index contributed by atoms with van der Waals surface area (Å²) in [5, 5.41) is 3.25. The van der Waals surface area contributed by atoms with Gasteiger partial charge in [-0.15, -0.1) is 0 Å². The van der Waals surface area contributed by atoms with Crippen molar-refractivity contribution in [2.75, 3.05) is 19.8 Å². The molecule has 0 aliphatic heterocycles. The molecule has 9 aromatic rings. The zero-order chi connectivity index (χ0) is 65.8. The van der Waals surface area contributed by atoms with E-state index in [1.54, 1.807) is 0 Å². The summed E-state index contributed by atoms with van der Waals surface area (Å²) in [7, 11) is 0. The maximum atomic E-state index is 6.93. The molecule has 9 aromatic carbocycles. The Bertz CT molecular complexity index is 3640. The molecule has 0 amide bonds. The van der Waals surface area contributed by atoms with E-state index in [-0.39, 0.29) is 0 Å². The second-order valence-electron chi connectivity index (χ2n) is 24.4. The van der Waals surface area contributed by atoms with Crippen molar-refractivity contribution in [2.45, 2.75) is 136 Å². The van der Waals surface area contributed by atoms with Crippen molar-refractivity contribution in [3.05, 3.63) is 285 Å². The minimum absolute atomic E-state index is 0.771. The molecule has 0 atom stereocenters. The van der Waals surface area contributed by atoms with Crippen molar-refractivity contribution in [1.29, 1.82) is 0 Å². The summed E-state index contributed by atoms with van der Waals surface area (Å²) in [5.74, 6) is 23.2. The Labute approximate surface area is 574 Å². The standard InChI is InChI=1S/C90H93O3PS/c1-4-7-10-13-16-19-70-91-85-58-46-79(47-59-85)40-34-73-22-28-76(29-23-73)37-43-82-52-64-88(65-53-82)94(95,89-66-54-83(55-67-89)44-38-77-30-24-74(25-31-77)35-41-80-48-60-86(61-49-80)92-71-20-17-14-11-8-5-2)90-68-56-84(57-69-90)45-39-78-32-26-75(27-33-78)36-42-81-50-62-87(63-51-81)93-72-21-18-15-12-9-6-3/h22-36,40-42,46-69H,4-21,70-72H2,1-3H3/b40-34+,41-35+,42-36+. The molecule has 0 aliphatic carbocycles. The molecule has 95 heavy (non-hydrogen) atoms. The van der Waals surface area contributed by atoms with Gasteiger partial charge in [-0.2, -0.15) is 0 Å². The van der Waals surface area contributed by atoms with Gasteiger partial charge in [0.05, 0.1) is 19.8 Å². The summed E-state index contributed by atoms with van der Waals surface area (Å²) < 4.78 is 18.0. The fourth-order valence-electron chi connectivity index (χ4n) is 11.0. The highest BCUT2D eigenvalue weighted by Gasteiger charge is 2.25. The van der Waals surface area contributed by atoms with Crippen LogP contribution < -0.4 is 30.1 Å².